The second-order valence-electron chi connectivity index (χ2n) is 6.30. The zero-order valence-corrected chi connectivity index (χ0v) is 13.2. The van der Waals surface area contributed by atoms with Gasteiger partial charge in [0, 0.05) is 12.8 Å². The Labute approximate surface area is 131 Å². The van der Waals surface area contributed by atoms with E-state index in [1.54, 1.807) is 0 Å². The summed E-state index contributed by atoms with van der Waals surface area (Å²) in [7, 11) is 4.27. The minimum absolute atomic E-state index is 0. The van der Waals surface area contributed by atoms with Gasteiger partial charge in [0.1, 0.15) is 31.0 Å². The predicted molar refractivity (Wildman–Crippen MR) is 69.7 cm³/mol. The highest BCUT2D eigenvalue weighted by Gasteiger charge is 2.44. The summed E-state index contributed by atoms with van der Waals surface area (Å²) in [6.45, 7) is 0.723. The Hall–Kier alpha value is 0.01000. The lowest BCUT2D eigenvalue weighted by Gasteiger charge is -2.40. The van der Waals surface area contributed by atoms with Crippen LogP contribution < -0.4 is 12.4 Å². The van der Waals surface area contributed by atoms with E-state index in [2.05, 4.69) is 14.1 Å². The van der Waals surface area contributed by atoms with Gasteiger partial charge in [0.25, 0.3) is 0 Å². The van der Waals surface area contributed by atoms with Crippen molar-refractivity contribution < 1.29 is 46.8 Å². The van der Waals surface area contributed by atoms with Crippen molar-refractivity contribution in [2.45, 2.75) is 49.6 Å². The molecule has 0 aromatic heterocycles. The van der Waals surface area contributed by atoms with E-state index in [4.69, 9.17) is 14.6 Å². The molecule has 1 saturated heterocycles. The molecule has 0 spiro atoms. The number of nitrogens with zero attached hydrogens (tertiary/aromatic N) is 1. The number of halogens is 1. The van der Waals surface area contributed by atoms with E-state index in [9.17, 15) is 15.3 Å². The Morgan fingerprint density at radius 2 is 1.71 bits per heavy atom. The molecule has 2 aliphatic rings. The van der Waals surface area contributed by atoms with E-state index in [0.29, 0.717) is 12.6 Å². The fourth-order valence-corrected chi connectivity index (χ4v) is 2.57. The van der Waals surface area contributed by atoms with Gasteiger partial charge in [-0.2, -0.15) is 0 Å². The number of quaternary nitrogens is 1. The molecule has 2 fully saturated rings. The largest absolute Gasteiger partial charge is 1.00 e. The van der Waals surface area contributed by atoms with Crippen LogP contribution in [0.4, 0.5) is 0 Å². The number of aliphatic hydroxyl groups is 4. The van der Waals surface area contributed by atoms with Crippen molar-refractivity contribution >= 4 is 0 Å². The number of rotatable bonds is 6. The highest BCUT2D eigenvalue weighted by molar-refractivity contribution is 4.88. The van der Waals surface area contributed by atoms with Crippen molar-refractivity contribution in [2.24, 2.45) is 0 Å². The minimum Gasteiger partial charge on any atom is -1.00 e. The van der Waals surface area contributed by atoms with Crippen LogP contribution in [0.5, 0.6) is 0 Å². The highest BCUT2D eigenvalue weighted by Crippen LogP contribution is 2.30. The van der Waals surface area contributed by atoms with E-state index in [-0.39, 0.29) is 12.4 Å². The molecule has 1 heterocycles. The topological polar surface area (TPSA) is 99.4 Å². The average molecular weight is 328 g/mol. The molecular weight excluding hydrogens is 302 g/mol. The van der Waals surface area contributed by atoms with Crippen LogP contribution in [-0.2, 0) is 9.47 Å². The Morgan fingerprint density at radius 3 is 2.24 bits per heavy atom. The maximum Gasteiger partial charge on any atom is 0.186 e. The molecule has 2 rings (SSSR count). The third-order valence-corrected chi connectivity index (χ3v) is 4.33. The lowest BCUT2D eigenvalue weighted by molar-refractivity contribution is -0.901. The zero-order chi connectivity index (χ0) is 14.9. The average Bonchev–Trinajstić information content (AvgIpc) is 3.23. The molecule has 0 aromatic rings. The van der Waals surface area contributed by atoms with Gasteiger partial charge in [-0.25, -0.2) is 0 Å². The van der Waals surface area contributed by atoms with Gasteiger partial charge in [0.15, 0.2) is 6.29 Å². The minimum atomic E-state index is -1.38. The van der Waals surface area contributed by atoms with Crippen LogP contribution >= 0.6 is 0 Å². The van der Waals surface area contributed by atoms with Crippen LogP contribution in [0.1, 0.15) is 12.8 Å². The normalized spacial score (nSPS) is 37.1. The van der Waals surface area contributed by atoms with Crippen LogP contribution in [0.15, 0.2) is 0 Å². The molecule has 7 nitrogen and oxygen atoms in total. The van der Waals surface area contributed by atoms with Crippen molar-refractivity contribution in [2.75, 3.05) is 33.9 Å². The summed E-state index contributed by atoms with van der Waals surface area (Å²) in [6.07, 6.45) is -3.51. The lowest BCUT2D eigenvalue weighted by atomic mass is 9.99. The Bertz CT molecular complexity index is 326. The van der Waals surface area contributed by atoms with E-state index in [0.717, 1.165) is 11.0 Å². The van der Waals surface area contributed by atoms with Gasteiger partial charge in [0.2, 0.25) is 0 Å². The van der Waals surface area contributed by atoms with Crippen LogP contribution in [-0.4, -0.2) is 95.5 Å². The molecule has 8 heteroatoms. The molecule has 0 unspecified atom stereocenters. The molecule has 5 atom stereocenters. The number of hydrogen-bond donors (Lipinski definition) is 4. The van der Waals surface area contributed by atoms with Crippen LogP contribution in [0, 0.1) is 0 Å². The molecule has 1 saturated carbocycles. The van der Waals surface area contributed by atoms with Crippen molar-refractivity contribution in [3.8, 4) is 0 Å². The summed E-state index contributed by atoms with van der Waals surface area (Å²) in [4.78, 5) is 0. The summed E-state index contributed by atoms with van der Waals surface area (Å²) in [5.41, 5.74) is 0. The van der Waals surface area contributed by atoms with Crippen LogP contribution in [0.25, 0.3) is 0 Å². The summed E-state index contributed by atoms with van der Waals surface area (Å²) in [6, 6.07) is 0.674. The van der Waals surface area contributed by atoms with Gasteiger partial charge >= 0.3 is 0 Å². The van der Waals surface area contributed by atoms with Gasteiger partial charge in [0.05, 0.1) is 33.4 Å². The van der Waals surface area contributed by atoms with Gasteiger partial charge < -0.3 is 46.8 Å². The van der Waals surface area contributed by atoms with Gasteiger partial charge in [-0.05, 0) is 0 Å². The number of likely N-dealkylation sites (N-methyl/N-ethyl adjacent to an activating group) is 1. The van der Waals surface area contributed by atoms with E-state index < -0.39 is 37.3 Å². The Morgan fingerprint density at radius 1 is 1.10 bits per heavy atom. The fraction of sp³-hybridized carbons (Fsp3) is 1.00. The summed E-state index contributed by atoms with van der Waals surface area (Å²) in [5.74, 6) is 0. The van der Waals surface area contributed by atoms with Crippen molar-refractivity contribution in [3.63, 3.8) is 0 Å². The molecule has 1 aliphatic carbocycles. The maximum atomic E-state index is 9.83. The van der Waals surface area contributed by atoms with Crippen molar-refractivity contribution in [1.82, 2.24) is 0 Å². The lowest BCUT2D eigenvalue weighted by Crippen LogP contribution is -3.00. The summed E-state index contributed by atoms with van der Waals surface area (Å²) < 4.78 is 11.6. The van der Waals surface area contributed by atoms with Gasteiger partial charge in [-0.15, -0.1) is 0 Å². The SMILES string of the molecule is C[N+](C)(CCO[C@@H]1O[C@H](CO)[C@@H](O)[C@H](O)[C@H]1O)C1CC1.[Cl-]. The molecule has 21 heavy (non-hydrogen) atoms. The van der Waals surface area contributed by atoms with Gasteiger partial charge in [-0.1, -0.05) is 0 Å². The first-order valence-corrected chi connectivity index (χ1v) is 7.11. The van der Waals surface area contributed by atoms with E-state index in [1.165, 1.54) is 12.8 Å². The zero-order valence-electron chi connectivity index (χ0n) is 12.4. The molecule has 0 amide bonds. The summed E-state index contributed by atoms with van der Waals surface area (Å²) >= 11 is 0. The van der Waals surface area contributed by atoms with E-state index in [1.807, 2.05) is 0 Å². The monoisotopic (exact) mass is 327 g/mol. The smallest absolute Gasteiger partial charge is 0.186 e. The Kier molecular flexibility index (Phi) is 6.82. The number of aliphatic hydroxyl groups excluding tert-OH is 4. The molecule has 0 bridgehead atoms. The standard InChI is InChI=1S/C13H26NO6.ClH/c1-14(2,8-3-4-8)5-6-19-13-12(18)11(17)10(16)9(7-15)20-13;/h8-13,15-18H,3-7H2,1-2H3;1H/q+1;/p-1/t9-,10-,11+,12-,13-;/m1./s1. The first-order chi connectivity index (χ1) is 9.36. The number of hydrogen-bond acceptors (Lipinski definition) is 6. The molecular formula is C13H26ClNO6. The van der Waals surface area contributed by atoms with E-state index >= 15 is 0 Å². The quantitative estimate of drug-likeness (QED) is 0.365. The third-order valence-electron chi connectivity index (χ3n) is 4.33. The van der Waals surface area contributed by atoms with Crippen LogP contribution in [0.2, 0.25) is 0 Å². The first kappa shape index (κ1) is 19.1. The second kappa shape index (κ2) is 7.52. The highest BCUT2D eigenvalue weighted by atomic mass is 35.5. The van der Waals surface area contributed by atoms with Crippen molar-refractivity contribution in [1.29, 1.82) is 0 Å². The molecule has 4 N–H and O–H groups in total. The first-order valence-electron chi connectivity index (χ1n) is 7.11. The van der Waals surface area contributed by atoms with Crippen molar-refractivity contribution in [3.05, 3.63) is 0 Å². The maximum absolute atomic E-state index is 9.83. The second-order valence-corrected chi connectivity index (χ2v) is 6.30. The van der Waals surface area contributed by atoms with Gasteiger partial charge in [-0.3, -0.25) is 0 Å². The molecule has 0 aromatic carbocycles. The molecule has 0 radical (unpaired) electrons. The fourth-order valence-electron chi connectivity index (χ4n) is 2.57. The van der Waals surface area contributed by atoms with Crippen LogP contribution in [0.3, 0.4) is 0 Å². The third kappa shape index (κ3) is 4.49. The summed E-state index contributed by atoms with van der Waals surface area (Å²) in [5, 5.41) is 38.2. The molecule has 126 valence electrons. The predicted octanol–water partition coefficient (Wildman–Crippen LogP) is -4.95. The molecule has 1 aliphatic heterocycles. The Balaban J connectivity index is 0.00000220. The number of ether oxygens (including phenoxy) is 2.